The topological polar surface area (TPSA) is 123 Å². The minimum atomic E-state index is -1.01. The molecule has 0 radical (unpaired) electrons. The molecule has 1 saturated heterocycles. The quantitative estimate of drug-likeness (QED) is 0.700. The van der Waals surface area contributed by atoms with Crippen molar-refractivity contribution in [2.75, 3.05) is 43.9 Å². The average molecular weight is 404 g/mol. The second-order valence-electron chi connectivity index (χ2n) is 6.48. The maximum atomic E-state index is 12.3. The molecule has 29 heavy (non-hydrogen) atoms. The molecule has 1 unspecified atom stereocenters. The van der Waals surface area contributed by atoms with Crippen molar-refractivity contribution in [3.8, 4) is 0 Å². The van der Waals surface area contributed by atoms with Crippen LogP contribution in [0.5, 0.6) is 0 Å². The minimum absolute atomic E-state index is 0.00794. The first-order valence-electron chi connectivity index (χ1n) is 8.75. The van der Waals surface area contributed by atoms with Gasteiger partial charge < -0.3 is 29.1 Å². The molecule has 1 amide bonds. The van der Waals surface area contributed by atoms with E-state index < -0.39 is 23.8 Å². The lowest BCUT2D eigenvalue weighted by atomic mass is 10.1. The van der Waals surface area contributed by atoms with Gasteiger partial charge in [-0.1, -0.05) is 0 Å². The number of hydrogen-bond acceptors (Lipinski definition) is 8. The Bertz CT molecular complexity index is 877. The highest BCUT2D eigenvalue weighted by Crippen LogP contribution is 2.30. The van der Waals surface area contributed by atoms with Gasteiger partial charge >= 0.3 is 17.9 Å². The lowest BCUT2D eigenvalue weighted by Gasteiger charge is -2.31. The van der Waals surface area contributed by atoms with Crippen LogP contribution in [0.1, 0.15) is 6.42 Å². The molecule has 1 atom stereocenters. The molecule has 1 N–H and O–H groups in total. The molecular formula is C19H20N2O8. The number of carbonyl (C=O) groups is 4. The summed E-state index contributed by atoms with van der Waals surface area (Å²) in [6, 6.07) is 6.56. The van der Waals surface area contributed by atoms with E-state index in [0.717, 1.165) is 0 Å². The third-order valence-corrected chi connectivity index (χ3v) is 4.78. The Labute approximate surface area is 166 Å². The molecule has 1 fully saturated rings. The van der Waals surface area contributed by atoms with Crippen molar-refractivity contribution in [3.05, 3.63) is 35.5 Å². The van der Waals surface area contributed by atoms with E-state index in [2.05, 4.69) is 0 Å². The number of aliphatic carboxylic acids is 1. The van der Waals surface area contributed by atoms with Crippen molar-refractivity contribution >= 4 is 35.2 Å². The van der Waals surface area contributed by atoms with Gasteiger partial charge in [-0.25, -0.2) is 9.59 Å². The highest BCUT2D eigenvalue weighted by Gasteiger charge is 2.36. The molecule has 0 aliphatic carbocycles. The van der Waals surface area contributed by atoms with Crippen molar-refractivity contribution in [2.45, 2.75) is 6.42 Å². The SMILES string of the molecule is COC(=O)C1=C(C(=O)OC)N(c2ccc(N3CC(C(=O)O)CC3=O)cc2)COC1. The molecule has 2 aliphatic heterocycles. The molecule has 1 aromatic rings. The summed E-state index contributed by atoms with van der Waals surface area (Å²) in [6.07, 6.45) is -0.0469. The van der Waals surface area contributed by atoms with E-state index in [1.165, 1.54) is 24.0 Å². The largest absolute Gasteiger partial charge is 0.481 e. The van der Waals surface area contributed by atoms with Gasteiger partial charge in [-0.2, -0.15) is 0 Å². The Morgan fingerprint density at radius 2 is 1.62 bits per heavy atom. The zero-order valence-electron chi connectivity index (χ0n) is 15.9. The number of esters is 2. The Kier molecular flexibility index (Phi) is 5.83. The van der Waals surface area contributed by atoms with E-state index in [9.17, 15) is 19.2 Å². The second kappa shape index (κ2) is 8.31. The summed E-state index contributed by atoms with van der Waals surface area (Å²) < 4.78 is 14.9. The van der Waals surface area contributed by atoms with Crippen LogP contribution in [-0.4, -0.2) is 63.0 Å². The monoisotopic (exact) mass is 404 g/mol. The van der Waals surface area contributed by atoms with Crippen LogP contribution in [0.4, 0.5) is 11.4 Å². The fourth-order valence-electron chi connectivity index (χ4n) is 3.28. The number of ether oxygens (including phenoxy) is 3. The first kappa shape index (κ1) is 20.3. The van der Waals surface area contributed by atoms with Crippen molar-refractivity contribution < 1.29 is 38.5 Å². The maximum Gasteiger partial charge on any atom is 0.355 e. The van der Waals surface area contributed by atoms with Crippen LogP contribution in [0.25, 0.3) is 0 Å². The van der Waals surface area contributed by atoms with Crippen LogP contribution in [-0.2, 0) is 33.4 Å². The minimum Gasteiger partial charge on any atom is -0.481 e. The Hall–Kier alpha value is -3.40. The molecule has 10 nitrogen and oxygen atoms in total. The van der Waals surface area contributed by atoms with E-state index in [4.69, 9.17) is 19.3 Å². The number of amides is 1. The number of anilines is 2. The molecule has 0 aromatic heterocycles. The van der Waals surface area contributed by atoms with Crippen LogP contribution in [0.2, 0.25) is 0 Å². The molecule has 1 aromatic carbocycles. The van der Waals surface area contributed by atoms with Gasteiger partial charge in [0, 0.05) is 24.3 Å². The molecule has 10 heteroatoms. The molecular weight excluding hydrogens is 384 g/mol. The Morgan fingerprint density at radius 1 is 1.03 bits per heavy atom. The lowest BCUT2D eigenvalue weighted by molar-refractivity contribution is -0.141. The fraction of sp³-hybridized carbons (Fsp3) is 0.368. The molecule has 0 spiro atoms. The van der Waals surface area contributed by atoms with Crippen molar-refractivity contribution in [1.82, 2.24) is 0 Å². The summed E-state index contributed by atoms with van der Waals surface area (Å²) in [6.45, 7) is 0.0126. The first-order valence-corrected chi connectivity index (χ1v) is 8.75. The summed E-state index contributed by atoms with van der Waals surface area (Å²) in [5.41, 5.74) is 1.11. The Balaban J connectivity index is 1.90. The summed E-state index contributed by atoms with van der Waals surface area (Å²) in [5, 5.41) is 9.12. The van der Waals surface area contributed by atoms with Gasteiger partial charge in [0.05, 0.1) is 32.3 Å². The first-order chi connectivity index (χ1) is 13.9. The fourth-order valence-corrected chi connectivity index (χ4v) is 3.28. The van der Waals surface area contributed by atoms with Gasteiger partial charge in [0.25, 0.3) is 0 Å². The van der Waals surface area contributed by atoms with Crippen LogP contribution < -0.4 is 9.80 Å². The number of nitrogens with zero attached hydrogens (tertiary/aromatic N) is 2. The highest BCUT2D eigenvalue weighted by atomic mass is 16.5. The number of hydrogen-bond donors (Lipinski definition) is 1. The Morgan fingerprint density at radius 3 is 2.14 bits per heavy atom. The average Bonchev–Trinajstić information content (AvgIpc) is 3.14. The van der Waals surface area contributed by atoms with Crippen LogP contribution in [0.15, 0.2) is 35.5 Å². The lowest BCUT2D eigenvalue weighted by Crippen LogP contribution is -2.38. The third kappa shape index (κ3) is 3.92. The van der Waals surface area contributed by atoms with E-state index in [1.54, 1.807) is 24.3 Å². The van der Waals surface area contributed by atoms with E-state index in [0.29, 0.717) is 11.4 Å². The zero-order chi connectivity index (χ0) is 21.1. The van der Waals surface area contributed by atoms with E-state index in [1.807, 2.05) is 0 Å². The van der Waals surface area contributed by atoms with Gasteiger partial charge in [-0.15, -0.1) is 0 Å². The summed E-state index contributed by atoms with van der Waals surface area (Å²) in [7, 11) is 2.41. The van der Waals surface area contributed by atoms with E-state index in [-0.39, 0.29) is 43.5 Å². The summed E-state index contributed by atoms with van der Waals surface area (Å²) in [5.74, 6) is -3.43. The van der Waals surface area contributed by atoms with Gasteiger partial charge in [0.15, 0.2) is 0 Å². The molecule has 154 valence electrons. The zero-order valence-corrected chi connectivity index (χ0v) is 15.9. The van der Waals surface area contributed by atoms with Gasteiger partial charge in [0.1, 0.15) is 12.4 Å². The third-order valence-electron chi connectivity index (χ3n) is 4.78. The number of methoxy groups -OCH3 is 2. The van der Waals surface area contributed by atoms with Crippen molar-refractivity contribution in [3.63, 3.8) is 0 Å². The summed E-state index contributed by atoms with van der Waals surface area (Å²) >= 11 is 0. The van der Waals surface area contributed by atoms with Crippen molar-refractivity contribution in [2.24, 2.45) is 5.92 Å². The van der Waals surface area contributed by atoms with Gasteiger partial charge in [-0.3, -0.25) is 9.59 Å². The van der Waals surface area contributed by atoms with Crippen LogP contribution in [0.3, 0.4) is 0 Å². The predicted octanol–water partition coefficient (Wildman–Crippen LogP) is 0.518. The number of carboxylic acids is 1. The summed E-state index contributed by atoms with van der Waals surface area (Å²) in [4.78, 5) is 50.5. The molecule has 0 bridgehead atoms. The van der Waals surface area contributed by atoms with Crippen molar-refractivity contribution in [1.29, 1.82) is 0 Å². The van der Waals surface area contributed by atoms with Gasteiger partial charge in [0.2, 0.25) is 5.91 Å². The number of carboxylic acid groups (broad SMARTS) is 1. The van der Waals surface area contributed by atoms with E-state index >= 15 is 0 Å². The standard InChI is InChI=1S/C19H20N2O8/c1-27-18(25)14-9-29-10-21(16(14)19(26)28-2)13-5-3-12(4-6-13)20-8-11(17(23)24)7-15(20)22/h3-6,11H,7-10H2,1-2H3,(H,23,24). The predicted molar refractivity (Wildman–Crippen MR) is 98.9 cm³/mol. The van der Waals surface area contributed by atoms with Gasteiger partial charge in [-0.05, 0) is 24.3 Å². The molecule has 0 saturated carbocycles. The molecule has 2 aliphatic rings. The number of benzene rings is 1. The number of rotatable bonds is 5. The molecule has 2 heterocycles. The second-order valence-corrected chi connectivity index (χ2v) is 6.48. The smallest absolute Gasteiger partial charge is 0.355 e. The highest BCUT2D eigenvalue weighted by molar-refractivity contribution is 6.03. The maximum absolute atomic E-state index is 12.3. The van der Waals surface area contributed by atoms with Crippen LogP contribution in [0, 0.1) is 5.92 Å². The number of carbonyl (C=O) groups excluding carboxylic acids is 3. The van der Waals surface area contributed by atoms with Crippen LogP contribution >= 0.6 is 0 Å². The normalized spacial score (nSPS) is 19.4. The molecule has 3 rings (SSSR count).